The Morgan fingerprint density at radius 3 is 2.18 bits per heavy atom. The third-order valence-electron chi connectivity index (χ3n) is 5.11. The van der Waals surface area contributed by atoms with E-state index < -0.39 is 11.9 Å². The molecule has 0 aliphatic heterocycles. The van der Waals surface area contributed by atoms with Crippen LogP contribution in [0, 0.1) is 0 Å². The molecule has 1 aliphatic carbocycles. The molecule has 156 valence electrons. The van der Waals surface area contributed by atoms with Gasteiger partial charge in [0.1, 0.15) is 5.00 Å². The number of anilines is 1. The lowest BCUT2D eigenvalue weighted by Crippen LogP contribution is -2.14. The highest BCUT2D eigenvalue weighted by Crippen LogP contribution is 2.37. The fourth-order valence-corrected chi connectivity index (χ4v) is 4.92. The van der Waals surface area contributed by atoms with Crippen LogP contribution in [0.3, 0.4) is 0 Å². The quantitative estimate of drug-likeness (QED) is 0.649. The summed E-state index contributed by atoms with van der Waals surface area (Å²) in [5.74, 6) is -1.59. The summed E-state index contributed by atoms with van der Waals surface area (Å²) in [7, 11) is 1.36. The summed E-state index contributed by atoms with van der Waals surface area (Å²) in [5, 5.41) is 12.1. The summed E-state index contributed by atoms with van der Waals surface area (Å²) in [4.78, 5) is 36.5. The SMILES string of the molecule is COC(=O)c1c(NC(=O)CCCC(=O)O)sc2c1CCCCCCCCCC2. The molecule has 6 nitrogen and oxygen atoms in total. The highest BCUT2D eigenvalue weighted by molar-refractivity contribution is 7.17. The third-order valence-corrected chi connectivity index (χ3v) is 6.32. The number of aryl methyl sites for hydroxylation is 1. The molecule has 0 spiro atoms. The number of fused-ring (bicyclic) bond motifs is 1. The molecule has 1 amide bonds. The molecule has 1 heterocycles. The zero-order chi connectivity index (χ0) is 20.4. The van der Waals surface area contributed by atoms with E-state index >= 15 is 0 Å². The minimum Gasteiger partial charge on any atom is -0.481 e. The predicted octanol–water partition coefficient (Wildman–Crippen LogP) is 4.95. The highest BCUT2D eigenvalue weighted by Gasteiger charge is 2.25. The van der Waals surface area contributed by atoms with Crippen LogP contribution in [0.1, 0.15) is 91.4 Å². The van der Waals surface area contributed by atoms with E-state index in [4.69, 9.17) is 9.84 Å². The molecule has 1 aromatic heterocycles. The first-order valence-corrected chi connectivity index (χ1v) is 11.1. The second-order valence-corrected chi connectivity index (χ2v) is 8.43. The van der Waals surface area contributed by atoms with Crippen molar-refractivity contribution in [3.63, 3.8) is 0 Å². The van der Waals surface area contributed by atoms with E-state index in [0.29, 0.717) is 10.6 Å². The van der Waals surface area contributed by atoms with Crippen LogP contribution in [-0.2, 0) is 27.2 Å². The second-order valence-electron chi connectivity index (χ2n) is 7.32. The Morgan fingerprint density at radius 2 is 1.57 bits per heavy atom. The number of carboxylic acid groups (broad SMARTS) is 1. The lowest BCUT2D eigenvalue weighted by atomic mass is 9.97. The van der Waals surface area contributed by atoms with Crippen molar-refractivity contribution >= 4 is 34.2 Å². The van der Waals surface area contributed by atoms with Crippen molar-refractivity contribution in [1.29, 1.82) is 0 Å². The van der Waals surface area contributed by atoms with E-state index in [1.54, 1.807) is 0 Å². The molecular weight excluding hydrogens is 378 g/mol. The van der Waals surface area contributed by atoms with Crippen LogP contribution in [0.25, 0.3) is 0 Å². The fourth-order valence-electron chi connectivity index (χ4n) is 3.62. The van der Waals surface area contributed by atoms with Crippen molar-refractivity contribution in [1.82, 2.24) is 0 Å². The number of esters is 1. The van der Waals surface area contributed by atoms with Gasteiger partial charge in [-0.15, -0.1) is 11.3 Å². The third kappa shape index (κ3) is 6.93. The summed E-state index contributed by atoms with van der Waals surface area (Å²) in [6.45, 7) is 0. The maximum Gasteiger partial charge on any atom is 0.341 e. The number of carbonyl (C=O) groups excluding carboxylic acids is 2. The van der Waals surface area contributed by atoms with Gasteiger partial charge in [0.15, 0.2) is 0 Å². The van der Waals surface area contributed by atoms with Crippen LogP contribution in [0.5, 0.6) is 0 Å². The lowest BCUT2D eigenvalue weighted by molar-refractivity contribution is -0.137. The first-order chi connectivity index (χ1) is 13.5. The molecule has 1 aliphatic rings. The van der Waals surface area contributed by atoms with Crippen LogP contribution >= 0.6 is 11.3 Å². The monoisotopic (exact) mass is 409 g/mol. The molecule has 0 atom stereocenters. The summed E-state index contributed by atoms with van der Waals surface area (Å²) < 4.78 is 5.01. The Labute approximate surface area is 170 Å². The van der Waals surface area contributed by atoms with Crippen molar-refractivity contribution in [2.75, 3.05) is 12.4 Å². The zero-order valence-electron chi connectivity index (χ0n) is 16.7. The van der Waals surface area contributed by atoms with Crippen LogP contribution in [0.4, 0.5) is 5.00 Å². The topological polar surface area (TPSA) is 92.7 Å². The van der Waals surface area contributed by atoms with Gasteiger partial charge in [0.25, 0.3) is 0 Å². The molecule has 7 heteroatoms. The van der Waals surface area contributed by atoms with E-state index in [1.165, 1.54) is 55.4 Å². The Hall–Kier alpha value is -1.89. The summed E-state index contributed by atoms with van der Waals surface area (Å²) in [5.41, 5.74) is 1.52. The summed E-state index contributed by atoms with van der Waals surface area (Å²) in [6, 6.07) is 0. The number of methoxy groups -OCH3 is 1. The van der Waals surface area contributed by atoms with E-state index in [0.717, 1.165) is 37.7 Å². The Balaban J connectivity index is 2.20. The molecule has 28 heavy (non-hydrogen) atoms. The minimum atomic E-state index is -0.916. The van der Waals surface area contributed by atoms with Crippen LogP contribution < -0.4 is 5.32 Å². The van der Waals surface area contributed by atoms with Crippen molar-refractivity contribution in [3.05, 3.63) is 16.0 Å². The Bertz CT molecular complexity index is 683. The molecule has 0 aromatic carbocycles. The number of amides is 1. The lowest BCUT2D eigenvalue weighted by Gasteiger charge is -2.10. The molecule has 0 saturated carbocycles. The number of carboxylic acids is 1. The summed E-state index contributed by atoms with van der Waals surface area (Å²) >= 11 is 1.48. The average molecular weight is 410 g/mol. The number of hydrogen-bond acceptors (Lipinski definition) is 5. The molecule has 0 radical (unpaired) electrons. The number of carbonyl (C=O) groups is 3. The van der Waals surface area contributed by atoms with Gasteiger partial charge >= 0.3 is 11.9 Å². The maximum absolute atomic E-state index is 12.5. The highest BCUT2D eigenvalue weighted by atomic mass is 32.1. The van der Waals surface area contributed by atoms with Crippen LogP contribution in [0.2, 0.25) is 0 Å². The van der Waals surface area contributed by atoms with Crippen molar-refractivity contribution in [2.24, 2.45) is 0 Å². The zero-order valence-corrected chi connectivity index (χ0v) is 17.5. The maximum atomic E-state index is 12.5. The number of hydrogen-bond donors (Lipinski definition) is 2. The fraction of sp³-hybridized carbons (Fsp3) is 0.667. The molecule has 1 aromatic rings. The van der Waals surface area contributed by atoms with E-state index in [1.807, 2.05) is 0 Å². The van der Waals surface area contributed by atoms with Gasteiger partial charge in [-0.1, -0.05) is 38.5 Å². The van der Waals surface area contributed by atoms with Gasteiger partial charge in [-0.3, -0.25) is 9.59 Å². The van der Waals surface area contributed by atoms with E-state index in [-0.39, 0.29) is 25.2 Å². The number of thiophene rings is 1. The largest absolute Gasteiger partial charge is 0.481 e. The van der Waals surface area contributed by atoms with Gasteiger partial charge in [-0.2, -0.15) is 0 Å². The van der Waals surface area contributed by atoms with Crippen molar-refractivity contribution in [2.45, 2.75) is 83.5 Å². The molecule has 0 saturated heterocycles. The molecule has 0 unspecified atom stereocenters. The molecule has 0 fully saturated rings. The molecule has 2 rings (SSSR count). The number of nitrogens with one attached hydrogen (secondary N) is 1. The van der Waals surface area contributed by atoms with Crippen LogP contribution in [-0.4, -0.2) is 30.1 Å². The molecular formula is C21H31NO5S. The standard InChI is InChI=1S/C21H31NO5S/c1-27-21(26)19-15-11-8-6-4-2-3-5-7-9-12-16(15)28-20(19)22-17(23)13-10-14-18(24)25/h2-14H2,1H3,(H,22,23)(H,24,25). The van der Waals surface area contributed by atoms with Gasteiger partial charge < -0.3 is 15.2 Å². The van der Waals surface area contributed by atoms with Crippen molar-refractivity contribution in [3.8, 4) is 0 Å². The smallest absolute Gasteiger partial charge is 0.341 e. The first kappa shape index (κ1) is 22.4. The van der Waals surface area contributed by atoms with Gasteiger partial charge in [0.05, 0.1) is 12.7 Å². The van der Waals surface area contributed by atoms with Gasteiger partial charge in [-0.25, -0.2) is 4.79 Å². The average Bonchev–Trinajstić information content (AvgIpc) is 2.97. The Kier molecular flexibility index (Phi) is 9.47. The minimum absolute atomic E-state index is 0.0434. The van der Waals surface area contributed by atoms with Gasteiger partial charge in [-0.05, 0) is 37.7 Å². The second kappa shape index (κ2) is 11.8. The molecule has 0 bridgehead atoms. The van der Waals surface area contributed by atoms with E-state index in [9.17, 15) is 14.4 Å². The number of rotatable bonds is 6. The van der Waals surface area contributed by atoms with E-state index in [2.05, 4.69) is 5.32 Å². The number of aliphatic carboxylic acids is 1. The normalized spacial score (nSPS) is 15.6. The first-order valence-electron chi connectivity index (χ1n) is 10.3. The Morgan fingerprint density at radius 1 is 0.964 bits per heavy atom. The van der Waals surface area contributed by atoms with Gasteiger partial charge in [0, 0.05) is 17.7 Å². The predicted molar refractivity (Wildman–Crippen MR) is 110 cm³/mol. The van der Waals surface area contributed by atoms with Gasteiger partial charge in [0.2, 0.25) is 5.91 Å². The number of ether oxygens (including phenoxy) is 1. The van der Waals surface area contributed by atoms with Crippen molar-refractivity contribution < 1.29 is 24.2 Å². The summed E-state index contributed by atoms with van der Waals surface area (Å²) in [6.07, 6.45) is 11.6. The van der Waals surface area contributed by atoms with Crippen LogP contribution in [0.15, 0.2) is 0 Å². The molecule has 2 N–H and O–H groups in total.